The Morgan fingerprint density at radius 2 is 2.22 bits per heavy atom. The fraction of sp³-hybridized carbons (Fsp3) is 0.600. The van der Waals surface area contributed by atoms with E-state index in [4.69, 9.17) is 4.74 Å². The Morgan fingerprint density at radius 3 is 2.89 bits per heavy atom. The predicted octanol–water partition coefficient (Wildman–Crippen LogP) is 2.08. The maximum atomic E-state index is 9.83. The fourth-order valence-electron chi connectivity index (χ4n) is 2.07. The monoisotopic (exact) mass is 249 g/mol. The van der Waals surface area contributed by atoms with Crippen LogP contribution in [0.25, 0.3) is 0 Å². The molecule has 1 fully saturated rings. The molecular weight excluding hydrogens is 226 g/mol. The van der Waals surface area contributed by atoms with E-state index in [1.807, 2.05) is 25.2 Å². The number of benzene rings is 1. The lowest BCUT2D eigenvalue weighted by molar-refractivity contribution is 0.0998. The zero-order valence-corrected chi connectivity index (χ0v) is 11.3. The first kappa shape index (κ1) is 13.4. The van der Waals surface area contributed by atoms with E-state index >= 15 is 0 Å². The van der Waals surface area contributed by atoms with E-state index in [0.717, 1.165) is 18.8 Å². The summed E-state index contributed by atoms with van der Waals surface area (Å²) in [7, 11) is 2.03. The van der Waals surface area contributed by atoms with Gasteiger partial charge >= 0.3 is 0 Å². The molecule has 2 rings (SSSR count). The molecule has 1 aromatic carbocycles. The Labute approximate surface area is 109 Å². The highest BCUT2D eigenvalue weighted by molar-refractivity contribution is 5.27. The van der Waals surface area contributed by atoms with Crippen molar-refractivity contribution in [3.8, 4) is 5.75 Å². The normalized spacial score (nSPS) is 16.9. The van der Waals surface area contributed by atoms with Gasteiger partial charge in [-0.1, -0.05) is 12.1 Å². The summed E-state index contributed by atoms with van der Waals surface area (Å²) in [5, 5.41) is 9.83. The van der Waals surface area contributed by atoms with E-state index in [9.17, 15) is 5.11 Å². The minimum absolute atomic E-state index is 0.158. The number of likely N-dealkylation sites (N-methyl/N-ethyl adjacent to an activating group) is 1. The summed E-state index contributed by atoms with van der Waals surface area (Å²) in [5.41, 5.74) is 1.21. The van der Waals surface area contributed by atoms with Crippen LogP contribution in [0.15, 0.2) is 24.3 Å². The Kier molecular flexibility index (Phi) is 4.61. The number of aliphatic hydroxyl groups excluding tert-OH is 1. The summed E-state index contributed by atoms with van der Waals surface area (Å²) in [5.74, 6) is 1.47. The van der Waals surface area contributed by atoms with Gasteiger partial charge in [0.2, 0.25) is 0 Å². The summed E-state index contributed by atoms with van der Waals surface area (Å²) >= 11 is 0. The standard InChI is InChI=1S/C15H23NO2/c1-12-4-3-5-14(10-12)18-9-8-16(2)11-15(17)13-6-7-13/h3-5,10,13,15,17H,6-9,11H2,1-2H3. The van der Waals surface area contributed by atoms with Crippen LogP contribution in [0.4, 0.5) is 0 Å². The third-order valence-electron chi connectivity index (χ3n) is 3.40. The number of nitrogens with zero attached hydrogens (tertiary/aromatic N) is 1. The van der Waals surface area contributed by atoms with E-state index in [0.29, 0.717) is 12.5 Å². The number of aryl methyl sites for hydroxylation is 1. The summed E-state index contributed by atoms with van der Waals surface area (Å²) in [6, 6.07) is 8.08. The first-order valence-electron chi connectivity index (χ1n) is 6.71. The average molecular weight is 249 g/mol. The van der Waals surface area contributed by atoms with Gasteiger partial charge in [0.05, 0.1) is 6.10 Å². The van der Waals surface area contributed by atoms with Crippen LogP contribution in [-0.4, -0.2) is 42.9 Å². The fourth-order valence-corrected chi connectivity index (χ4v) is 2.07. The van der Waals surface area contributed by atoms with E-state index in [1.54, 1.807) is 0 Å². The first-order chi connectivity index (χ1) is 8.65. The van der Waals surface area contributed by atoms with Gasteiger partial charge < -0.3 is 14.7 Å². The SMILES string of the molecule is Cc1cccc(OCCN(C)CC(O)C2CC2)c1. The van der Waals surface area contributed by atoms with E-state index in [1.165, 1.54) is 18.4 Å². The van der Waals surface area contributed by atoms with Gasteiger partial charge in [-0.2, -0.15) is 0 Å². The maximum Gasteiger partial charge on any atom is 0.119 e. The molecule has 0 saturated heterocycles. The highest BCUT2D eigenvalue weighted by Gasteiger charge is 2.30. The molecule has 0 radical (unpaired) electrons. The molecule has 3 nitrogen and oxygen atoms in total. The van der Waals surface area contributed by atoms with Crippen molar-refractivity contribution < 1.29 is 9.84 Å². The highest BCUT2D eigenvalue weighted by Crippen LogP contribution is 2.32. The molecule has 1 aromatic rings. The largest absolute Gasteiger partial charge is 0.492 e. The highest BCUT2D eigenvalue weighted by atomic mass is 16.5. The number of hydrogen-bond acceptors (Lipinski definition) is 3. The van der Waals surface area contributed by atoms with Crippen LogP contribution >= 0.6 is 0 Å². The number of hydrogen-bond donors (Lipinski definition) is 1. The summed E-state index contributed by atoms with van der Waals surface area (Å²) in [4.78, 5) is 2.14. The lowest BCUT2D eigenvalue weighted by Gasteiger charge is -2.20. The summed E-state index contributed by atoms with van der Waals surface area (Å²) in [6.45, 7) is 4.32. The topological polar surface area (TPSA) is 32.7 Å². The molecule has 0 heterocycles. The Balaban J connectivity index is 1.65. The number of aliphatic hydroxyl groups is 1. The molecule has 0 amide bonds. The molecule has 0 aromatic heterocycles. The second-order valence-corrected chi connectivity index (χ2v) is 5.33. The lowest BCUT2D eigenvalue weighted by atomic mass is 10.2. The molecule has 1 aliphatic rings. The van der Waals surface area contributed by atoms with Gasteiger partial charge in [0.25, 0.3) is 0 Å². The Bertz CT molecular complexity index is 377. The van der Waals surface area contributed by atoms with Gasteiger partial charge in [-0.25, -0.2) is 0 Å². The third kappa shape index (κ3) is 4.31. The summed E-state index contributed by atoms with van der Waals surface area (Å²) < 4.78 is 5.69. The Hall–Kier alpha value is -1.06. The molecule has 100 valence electrons. The van der Waals surface area contributed by atoms with Crippen LogP contribution in [0.3, 0.4) is 0 Å². The van der Waals surface area contributed by atoms with Crippen molar-refractivity contribution in [2.45, 2.75) is 25.9 Å². The van der Waals surface area contributed by atoms with Gasteiger partial charge in [0.15, 0.2) is 0 Å². The van der Waals surface area contributed by atoms with Crippen LogP contribution in [-0.2, 0) is 0 Å². The quantitative estimate of drug-likeness (QED) is 0.803. The molecule has 1 atom stereocenters. The van der Waals surface area contributed by atoms with Gasteiger partial charge in [0.1, 0.15) is 12.4 Å². The van der Waals surface area contributed by atoms with Crippen LogP contribution in [0.1, 0.15) is 18.4 Å². The third-order valence-corrected chi connectivity index (χ3v) is 3.40. The molecule has 0 spiro atoms. The zero-order chi connectivity index (χ0) is 13.0. The van der Waals surface area contributed by atoms with Crippen LogP contribution < -0.4 is 4.74 Å². The van der Waals surface area contributed by atoms with Gasteiger partial charge in [-0.15, -0.1) is 0 Å². The average Bonchev–Trinajstić information content (AvgIpc) is 3.12. The second-order valence-electron chi connectivity index (χ2n) is 5.33. The van der Waals surface area contributed by atoms with Crippen molar-refractivity contribution >= 4 is 0 Å². The first-order valence-corrected chi connectivity index (χ1v) is 6.71. The van der Waals surface area contributed by atoms with Crippen LogP contribution in [0, 0.1) is 12.8 Å². The summed E-state index contributed by atoms with van der Waals surface area (Å²) in [6.07, 6.45) is 2.22. The minimum Gasteiger partial charge on any atom is -0.492 e. The second kappa shape index (κ2) is 6.21. The van der Waals surface area contributed by atoms with Crippen LogP contribution in [0.5, 0.6) is 5.75 Å². The molecule has 1 N–H and O–H groups in total. The zero-order valence-electron chi connectivity index (χ0n) is 11.3. The molecular formula is C15H23NO2. The van der Waals surface area contributed by atoms with E-state index < -0.39 is 0 Å². The van der Waals surface area contributed by atoms with Crippen molar-refractivity contribution in [3.05, 3.63) is 29.8 Å². The van der Waals surface area contributed by atoms with Gasteiger partial charge in [-0.05, 0) is 50.4 Å². The molecule has 0 bridgehead atoms. The van der Waals surface area contributed by atoms with E-state index in [-0.39, 0.29) is 6.10 Å². The van der Waals surface area contributed by atoms with Crippen molar-refractivity contribution in [1.82, 2.24) is 4.90 Å². The van der Waals surface area contributed by atoms with Crippen molar-refractivity contribution in [1.29, 1.82) is 0 Å². The Morgan fingerprint density at radius 1 is 1.44 bits per heavy atom. The van der Waals surface area contributed by atoms with E-state index in [2.05, 4.69) is 17.9 Å². The smallest absolute Gasteiger partial charge is 0.119 e. The van der Waals surface area contributed by atoms with Crippen LogP contribution in [0.2, 0.25) is 0 Å². The molecule has 1 aliphatic carbocycles. The molecule has 3 heteroatoms. The maximum absolute atomic E-state index is 9.83. The molecule has 18 heavy (non-hydrogen) atoms. The predicted molar refractivity (Wildman–Crippen MR) is 72.9 cm³/mol. The van der Waals surface area contributed by atoms with Crippen molar-refractivity contribution in [3.63, 3.8) is 0 Å². The number of ether oxygens (including phenoxy) is 1. The molecule has 1 unspecified atom stereocenters. The lowest BCUT2D eigenvalue weighted by Crippen LogP contribution is -2.33. The molecule has 1 saturated carbocycles. The van der Waals surface area contributed by atoms with Gasteiger partial charge in [0, 0.05) is 13.1 Å². The van der Waals surface area contributed by atoms with Gasteiger partial charge in [-0.3, -0.25) is 0 Å². The van der Waals surface area contributed by atoms with Crippen molar-refractivity contribution in [2.24, 2.45) is 5.92 Å². The van der Waals surface area contributed by atoms with Crippen molar-refractivity contribution in [2.75, 3.05) is 26.7 Å². The minimum atomic E-state index is -0.158. The number of rotatable bonds is 7. The molecule has 0 aliphatic heterocycles.